The van der Waals surface area contributed by atoms with E-state index in [1.54, 1.807) is 19.9 Å². The van der Waals surface area contributed by atoms with E-state index in [9.17, 15) is 9.18 Å². The number of aryl methyl sites for hydroxylation is 1. The largest absolute Gasteiger partial charge is 0.458 e. The van der Waals surface area contributed by atoms with Gasteiger partial charge in [0.15, 0.2) is 0 Å². The molecule has 0 aliphatic carbocycles. The molecule has 1 aromatic rings. The molecule has 4 heteroatoms. The van der Waals surface area contributed by atoms with Gasteiger partial charge in [0.25, 0.3) is 0 Å². The first-order valence-corrected chi connectivity index (χ1v) is 5.06. The summed E-state index contributed by atoms with van der Waals surface area (Å²) in [5, 5.41) is -0.359. The maximum Gasteiger partial charge on any atom is 0.372 e. The molecule has 0 saturated heterocycles. The molecular formula is C10H11FO2S. The minimum absolute atomic E-state index is 0.296. The Labute approximate surface area is 86.5 Å². The van der Waals surface area contributed by atoms with E-state index in [1.165, 1.54) is 12.1 Å². The molecule has 0 aromatic heterocycles. The van der Waals surface area contributed by atoms with Crippen LogP contribution in [0.25, 0.3) is 0 Å². The highest BCUT2D eigenvalue weighted by Crippen LogP contribution is 2.24. The Morgan fingerprint density at radius 1 is 1.57 bits per heavy atom. The number of rotatable bonds is 2. The second kappa shape index (κ2) is 5.00. The standard InChI is InChI=1S/C10H11FO2S/c1-3-13-10(12)14-9-5-4-8(11)6-7(9)2/h4-6H,3H2,1-2H3. The Bertz CT molecular complexity index is 339. The fourth-order valence-corrected chi connectivity index (χ4v) is 1.68. The number of benzene rings is 1. The summed E-state index contributed by atoms with van der Waals surface area (Å²) in [7, 11) is 0. The number of hydrogen-bond donors (Lipinski definition) is 0. The molecule has 1 aromatic carbocycles. The van der Waals surface area contributed by atoms with E-state index in [0.717, 1.165) is 22.2 Å². The fraction of sp³-hybridized carbons (Fsp3) is 0.300. The highest BCUT2D eigenvalue weighted by molar-refractivity contribution is 8.13. The monoisotopic (exact) mass is 214 g/mol. The average molecular weight is 214 g/mol. The zero-order valence-corrected chi connectivity index (χ0v) is 8.86. The third-order valence-electron chi connectivity index (χ3n) is 1.59. The topological polar surface area (TPSA) is 26.3 Å². The molecule has 0 aliphatic rings. The maximum absolute atomic E-state index is 12.7. The smallest absolute Gasteiger partial charge is 0.372 e. The Morgan fingerprint density at radius 2 is 2.29 bits per heavy atom. The molecule has 1 rings (SSSR count). The van der Waals surface area contributed by atoms with Gasteiger partial charge in [0, 0.05) is 4.90 Å². The zero-order valence-electron chi connectivity index (χ0n) is 8.04. The molecule has 0 N–H and O–H groups in total. The third-order valence-corrected chi connectivity index (χ3v) is 2.55. The first kappa shape index (κ1) is 11.0. The van der Waals surface area contributed by atoms with Crippen molar-refractivity contribution in [1.82, 2.24) is 0 Å². The maximum atomic E-state index is 12.7. The highest BCUT2D eigenvalue weighted by atomic mass is 32.2. The first-order chi connectivity index (χ1) is 6.63. The van der Waals surface area contributed by atoms with Gasteiger partial charge >= 0.3 is 5.30 Å². The van der Waals surface area contributed by atoms with Crippen LogP contribution in [0.15, 0.2) is 23.1 Å². The summed E-state index contributed by atoms with van der Waals surface area (Å²) in [4.78, 5) is 11.8. The van der Waals surface area contributed by atoms with Crippen molar-refractivity contribution in [3.63, 3.8) is 0 Å². The normalized spacial score (nSPS) is 9.93. The second-order valence-corrected chi connectivity index (χ2v) is 3.67. The van der Waals surface area contributed by atoms with E-state index < -0.39 is 0 Å². The van der Waals surface area contributed by atoms with Crippen LogP contribution in [-0.4, -0.2) is 11.9 Å². The van der Waals surface area contributed by atoms with Crippen LogP contribution in [-0.2, 0) is 4.74 Å². The molecule has 76 valence electrons. The van der Waals surface area contributed by atoms with Gasteiger partial charge in [-0.1, -0.05) is 0 Å². The fourth-order valence-electron chi connectivity index (χ4n) is 0.964. The molecular weight excluding hydrogens is 203 g/mol. The van der Waals surface area contributed by atoms with E-state index in [1.807, 2.05) is 0 Å². The summed E-state index contributed by atoms with van der Waals surface area (Å²) in [6.45, 7) is 3.85. The van der Waals surface area contributed by atoms with Crippen molar-refractivity contribution in [1.29, 1.82) is 0 Å². The highest BCUT2D eigenvalue weighted by Gasteiger charge is 2.07. The van der Waals surface area contributed by atoms with Gasteiger partial charge in [0.2, 0.25) is 0 Å². The molecule has 0 unspecified atom stereocenters. The molecule has 2 nitrogen and oxygen atoms in total. The quantitative estimate of drug-likeness (QED) is 0.557. The van der Waals surface area contributed by atoms with Crippen LogP contribution < -0.4 is 0 Å². The summed E-state index contributed by atoms with van der Waals surface area (Å²) in [6.07, 6.45) is 0. The second-order valence-electron chi connectivity index (χ2n) is 2.69. The van der Waals surface area contributed by atoms with E-state index in [0.29, 0.717) is 6.61 Å². The zero-order chi connectivity index (χ0) is 10.6. The van der Waals surface area contributed by atoms with Gasteiger partial charge in [-0.25, -0.2) is 9.18 Å². The molecule has 0 amide bonds. The number of halogens is 1. The molecule has 0 bridgehead atoms. The van der Waals surface area contributed by atoms with Crippen LogP contribution in [0, 0.1) is 12.7 Å². The van der Waals surface area contributed by atoms with Gasteiger partial charge in [-0.05, 0) is 49.4 Å². The number of hydrogen-bond acceptors (Lipinski definition) is 3. The molecule has 14 heavy (non-hydrogen) atoms. The van der Waals surface area contributed by atoms with E-state index >= 15 is 0 Å². The van der Waals surface area contributed by atoms with Crippen LogP contribution in [0.1, 0.15) is 12.5 Å². The average Bonchev–Trinajstić information content (AvgIpc) is 2.10. The lowest BCUT2D eigenvalue weighted by molar-refractivity contribution is 0.181. The predicted octanol–water partition coefficient (Wildman–Crippen LogP) is 3.38. The van der Waals surface area contributed by atoms with Crippen LogP contribution >= 0.6 is 11.8 Å². The minimum Gasteiger partial charge on any atom is -0.458 e. The van der Waals surface area contributed by atoms with Gasteiger partial charge in [-0.2, -0.15) is 0 Å². The lowest BCUT2D eigenvalue weighted by Crippen LogP contribution is -1.96. The van der Waals surface area contributed by atoms with Gasteiger partial charge < -0.3 is 4.74 Å². The lowest BCUT2D eigenvalue weighted by atomic mass is 10.2. The molecule has 0 fully saturated rings. The Balaban J connectivity index is 2.72. The van der Waals surface area contributed by atoms with Crippen LogP contribution in [0.5, 0.6) is 0 Å². The molecule has 0 aliphatic heterocycles. The SMILES string of the molecule is CCOC(=O)Sc1ccc(F)cc1C. The van der Waals surface area contributed by atoms with Crippen molar-refractivity contribution in [2.45, 2.75) is 18.7 Å². The van der Waals surface area contributed by atoms with Crippen molar-refractivity contribution in [3.05, 3.63) is 29.6 Å². The van der Waals surface area contributed by atoms with Crippen LogP contribution in [0.2, 0.25) is 0 Å². The van der Waals surface area contributed by atoms with Crippen LogP contribution in [0.4, 0.5) is 9.18 Å². The van der Waals surface area contributed by atoms with Crippen molar-refractivity contribution < 1.29 is 13.9 Å². The van der Waals surface area contributed by atoms with Crippen LogP contribution in [0.3, 0.4) is 0 Å². The summed E-state index contributed by atoms with van der Waals surface area (Å²) in [5.74, 6) is -0.296. The van der Waals surface area contributed by atoms with E-state index in [2.05, 4.69) is 0 Å². The van der Waals surface area contributed by atoms with E-state index in [4.69, 9.17) is 4.74 Å². The molecule has 0 saturated carbocycles. The van der Waals surface area contributed by atoms with Crippen molar-refractivity contribution in [3.8, 4) is 0 Å². The number of ether oxygens (including phenoxy) is 1. The lowest BCUT2D eigenvalue weighted by Gasteiger charge is -2.04. The number of carbonyl (C=O) groups excluding carboxylic acids is 1. The van der Waals surface area contributed by atoms with Gasteiger partial charge in [-0.15, -0.1) is 0 Å². The Kier molecular flexibility index (Phi) is 3.95. The first-order valence-electron chi connectivity index (χ1n) is 4.24. The van der Waals surface area contributed by atoms with Crippen molar-refractivity contribution >= 4 is 17.1 Å². The van der Waals surface area contributed by atoms with Crippen molar-refractivity contribution in [2.24, 2.45) is 0 Å². The minimum atomic E-state index is -0.359. The van der Waals surface area contributed by atoms with Gasteiger partial charge in [0.1, 0.15) is 5.82 Å². The van der Waals surface area contributed by atoms with Crippen molar-refractivity contribution in [2.75, 3.05) is 6.61 Å². The molecule has 0 radical (unpaired) electrons. The predicted molar refractivity (Wildman–Crippen MR) is 54.0 cm³/mol. The number of carbonyl (C=O) groups is 1. The molecule has 0 atom stereocenters. The Hall–Kier alpha value is -1.03. The summed E-state index contributed by atoms with van der Waals surface area (Å²) in [5.41, 5.74) is 0.739. The summed E-state index contributed by atoms with van der Waals surface area (Å²) < 4.78 is 17.5. The van der Waals surface area contributed by atoms with Gasteiger partial charge in [0.05, 0.1) is 6.61 Å². The van der Waals surface area contributed by atoms with Gasteiger partial charge in [-0.3, -0.25) is 0 Å². The molecule has 0 spiro atoms. The Morgan fingerprint density at radius 3 is 2.86 bits per heavy atom. The molecule has 0 heterocycles. The number of thioether (sulfide) groups is 1. The van der Waals surface area contributed by atoms with E-state index in [-0.39, 0.29) is 11.1 Å². The summed E-state index contributed by atoms with van der Waals surface area (Å²) in [6, 6.07) is 4.29. The third kappa shape index (κ3) is 3.03. The summed E-state index contributed by atoms with van der Waals surface area (Å²) >= 11 is 0.976.